The number of hydrogen-bond donors (Lipinski definition) is 0. The van der Waals surface area contributed by atoms with Gasteiger partial charge < -0.3 is 14.2 Å². The third-order valence-electron chi connectivity index (χ3n) is 5.72. The quantitative estimate of drug-likeness (QED) is 0.797. The van der Waals surface area contributed by atoms with Gasteiger partial charge in [0.05, 0.1) is 11.1 Å². The third-order valence-corrected chi connectivity index (χ3v) is 5.72. The summed E-state index contributed by atoms with van der Waals surface area (Å²) in [5, 5.41) is 0. The maximum absolute atomic E-state index is 13.0. The summed E-state index contributed by atoms with van der Waals surface area (Å²) in [4.78, 5) is 29.4. The molecule has 0 saturated carbocycles. The van der Waals surface area contributed by atoms with Crippen LogP contribution in [-0.2, 0) is 6.42 Å². The van der Waals surface area contributed by atoms with Crippen molar-refractivity contribution in [3.8, 4) is 0 Å². The van der Waals surface area contributed by atoms with Crippen LogP contribution in [0.1, 0.15) is 58.6 Å². The van der Waals surface area contributed by atoms with Crippen LogP contribution in [0.2, 0.25) is 0 Å². The third kappa shape index (κ3) is 1.95. The van der Waals surface area contributed by atoms with Crippen LogP contribution in [0, 0.1) is 0 Å². The molecule has 22 heavy (non-hydrogen) atoms. The minimum Gasteiger partial charge on any atom is -0.468 e. The summed E-state index contributed by atoms with van der Waals surface area (Å²) < 4.78 is 5.51. The molecule has 0 aromatic carbocycles. The lowest BCUT2D eigenvalue weighted by atomic mass is 9.76. The lowest BCUT2D eigenvalue weighted by Gasteiger charge is -2.56. The molecule has 0 bridgehead atoms. The van der Waals surface area contributed by atoms with Crippen molar-refractivity contribution < 1.29 is 14.0 Å². The molecule has 5 nitrogen and oxygen atoms in total. The van der Waals surface area contributed by atoms with Crippen LogP contribution in [0.5, 0.6) is 0 Å². The molecule has 1 aromatic rings. The first kappa shape index (κ1) is 14.0. The SMILES string of the molecule is CN1CCC2(CC1)CCN2C(=O)c1coc2c1C(=O)CCC2. The van der Waals surface area contributed by atoms with E-state index in [0.29, 0.717) is 23.3 Å². The number of carbonyl (C=O) groups is 2. The largest absolute Gasteiger partial charge is 0.468 e. The second kappa shape index (κ2) is 4.95. The highest BCUT2D eigenvalue weighted by Crippen LogP contribution is 2.41. The number of rotatable bonds is 1. The van der Waals surface area contributed by atoms with Crippen molar-refractivity contribution in [2.75, 3.05) is 26.7 Å². The second-order valence-corrected chi connectivity index (χ2v) is 6.96. The molecule has 0 radical (unpaired) electrons. The van der Waals surface area contributed by atoms with Gasteiger partial charge in [0, 0.05) is 38.0 Å². The summed E-state index contributed by atoms with van der Waals surface area (Å²) >= 11 is 0. The van der Waals surface area contributed by atoms with Crippen LogP contribution in [0.25, 0.3) is 0 Å². The summed E-state index contributed by atoms with van der Waals surface area (Å²) in [5.41, 5.74) is 1.08. The highest BCUT2D eigenvalue weighted by Gasteiger charge is 2.49. The van der Waals surface area contributed by atoms with E-state index in [4.69, 9.17) is 4.42 Å². The number of fused-ring (bicyclic) bond motifs is 1. The second-order valence-electron chi connectivity index (χ2n) is 6.96. The van der Waals surface area contributed by atoms with Crippen molar-refractivity contribution in [3.05, 3.63) is 23.2 Å². The molecular weight excluding hydrogens is 280 g/mol. The number of carbonyl (C=O) groups excluding carboxylic acids is 2. The number of likely N-dealkylation sites (tertiary alicyclic amines) is 2. The van der Waals surface area contributed by atoms with Crippen LogP contribution in [0.15, 0.2) is 10.7 Å². The van der Waals surface area contributed by atoms with E-state index in [-0.39, 0.29) is 17.2 Å². The predicted octanol–water partition coefficient (Wildman–Crippen LogP) is 2.11. The number of ketones is 1. The molecule has 0 unspecified atom stereocenters. The zero-order chi connectivity index (χ0) is 15.3. The van der Waals surface area contributed by atoms with Gasteiger partial charge in [-0.2, -0.15) is 0 Å². The van der Waals surface area contributed by atoms with Crippen LogP contribution in [0.4, 0.5) is 0 Å². The zero-order valence-electron chi connectivity index (χ0n) is 13.1. The first-order chi connectivity index (χ1) is 10.6. The summed E-state index contributed by atoms with van der Waals surface area (Å²) in [6, 6.07) is 0. The highest BCUT2D eigenvalue weighted by atomic mass is 16.3. The molecule has 0 atom stereocenters. The van der Waals surface area contributed by atoms with E-state index in [9.17, 15) is 9.59 Å². The lowest BCUT2D eigenvalue weighted by Crippen LogP contribution is -2.65. The minimum absolute atomic E-state index is 0.00365. The van der Waals surface area contributed by atoms with E-state index in [1.165, 1.54) is 6.26 Å². The molecule has 3 aliphatic rings. The number of Topliss-reactive ketones (excluding diaryl/α,β-unsaturated/α-hetero) is 1. The topological polar surface area (TPSA) is 53.8 Å². The average molecular weight is 302 g/mol. The smallest absolute Gasteiger partial charge is 0.258 e. The Morgan fingerprint density at radius 1 is 1.18 bits per heavy atom. The van der Waals surface area contributed by atoms with E-state index in [2.05, 4.69) is 11.9 Å². The van der Waals surface area contributed by atoms with Crippen molar-refractivity contribution in [2.24, 2.45) is 0 Å². The first-order valence-corrected chi connectivity index (χ1v) is 8.25. The van der Waals surface area contributed by atoms with Gasteiger partial charge in [-0.25, -0.2) is 0 Å². The standard InChI is InChI=1S/C17H22N2O3/c1-18-8-5-17(6-9-18)7-10-19(17)16(21)12-11-22-14-4-2-3-13(20)15(12)14/h11H,2-10H2,1H3. The van der Waals surface area contributed by atoms with E-state index in [0.717, 1.165) is 51.7 Å². The Balaban J connectivity index is 1.60. The molecule has 1 amide bonds. The predicted molar refractivity (Wildman–Crippen MR) is 81.1 cm³/mol. The fourth-order valence-corrected chi connectivity index (χ4v) is 4.14. The van der Waals surface area contributed by atoms with Crippen LogP contribution in [-0.4, -0.2) is 53.7 Å². The molecule has 2 aliphatic heterocycles. The summed E-state index contributed by atoms with van der Waals surface area (Å²) in [5.74, 6) is 0.768. The van der Waals surface area contributed by atoms with Gasteiger partial charge in [0.25, 0.3) is 5.91 Å². The van der Waals surface area contributed by atoms with Gasteiger partial charge in [-0.05, 0) is 32.7 Å². The van der Waals surface area contributed by atoms with Crippen LogP contribution < -0.4 is 0 Å². The molecule has 2 fully saturated rings. The zero-order valence-corrected chi connectivity index (χ0v) is 13.1. The average Bonchev–Trinajstić information content (AvgIpc) is 2.92. The van der Waals surface area contributed by atoms with Gasteiger partial charge in [0.2, 0.25) is 0 Å². The van der Waals surface area contributed by atoms with E-state index >= 15 is 0 Å². The van der Waals surface area contributed by atoms with Crippen molar-refractivity contribution in [3.63, 3.8) is 0 Å². The summed E-state index contributed by atoms with van der Waals surface area (Å²) in [6.07, 6.45) is 6.78. The maximum Gasteiger partial charge on any atom is 0.258 e. The summed E-state index contributed by atoms with van der Waals surface area (Å²) in [6.45, 7) is 2.87. The van der Waals surface area contributed by atoms with Crippen molar-refractivity contribution in [1.82, 2.24) is 9.80 Å². The molecule has 4 rings (SSSR count). The Morgan fingerprint density at radius 3 is 2.59 bits per heavy atom. The molecule has 0 N–H and O–H groups in total. The molecule has 118 valence electrons. The molecule has 1 spiro atoms. The van der Waals surface area contributed by atoms with Gasteiger partial charge in [-0.3, -0.25) is 9.59 Å². The first-order valence-electron chi connectivity index (χ1n) is 8.25. The fourth-order valence-electron chi connectivity index (χ4n) is 4.14. The van der Waals surface area contributed by atoms with E-state index in [1.807, 2.05) is 4.90 Å². The Kier molecular flexibility index (Phi) is 3.15. The van der Waals surface area contributed by atoms with Gasteiger partial charge in [-0.1, -0.05) is 0 Å². The van der Waals surface area contributed by atoms with Gasteiger partial charge in [-0.15, -0.1) is 0 Å². The van der Waals surface area contributed by atoms with E-state index < -0.39 is 0 Å². The fraction of sp³-hybridized carbons (Fsp3) is 0.647. The van der Waals surface area contributed by atoms with E-state index in [1.54, 1.807) is 0 Å². The van der Waals surface area contributed by atoms with Gasteiger partial charge in [0.15, 0.2) is 5.78 Å². The summed E-state index contributed by atoms with van der Waals surface area (Å²) in [7, 11) is 2.13. The molecule has 3 heterocycles. The Bertz CT molecular complexity index is 626. The molecule has 1 aromatic heterocycles. The van der Waals surface area contributed by atoms with Crippen molar-refractivity contribution >= 4 is 11.7 Å². The number of nitrogens with zero attached hydrogens (tertiary/aromatic N) is 2. The highest BCUT2D eigenvalue weighted by molar-refractivity contribution is 6.09. The molecular formula is C17H22N2O3. The maximum atomic E-state index is 13.0. The molecule has 1 aliphatic carbocycles. The normalized spacial score (nSPS) is 24.2. The number of piperidine rings is 1. The molecule has 5 heteroatoms. The monoisotopic (exact) mass is 302 g/mol. The van der Waals surface area contributed by atoms with Gasteiger partial charge in [0.1, 0.15) is 12.0 Å². The number of hydrogen-bond acceptors (Lipinski definition) is 4. The van der Waals surface area contributed by atoms with Crippen molar-refractivity contribution in [2.45, 2.75) is 44.1 Å². The Morgan fingerprint density at radius 2 is 1.91 bits per heavy atom. The molecule has 2 saturated heterocycles. The minimum atomic E-state index is -0.00365. The number of furan rings is 1. The van der Waals surface area contributed by atoms with Crippen LogP contribution in [0.3, 0.4) is 0 Å². The Hall–Kier alpha value is -1.62. The van der Waals surface area contributed by atoms with Crippen LogP contribution >= 0.6 is 0 Å². The number of amides is 1. The number of aryl methyl sites for hydroxylation is 1. The Labute approximate surface area is 130 Å². The lowest BCUT2D eigenvalue weighted by molar-refractivity contribution is -0.0351. The van der Waals surface area contributed by atoms with Gasteiger partial charge >= 0.3 is 0 Å². The van der Waals surface area contributed by atoms with Crippen molar-refractivity contribution in [1.29, 1.82) is 0 Å².